The van der Waals surface area contributed by atoms with Crippen molar-refractivity contribution in [3.8, 4) is 5.75 Å². The van der Waals surface area contributed by atoms with E-state index >= 15 is 0 Å². The molecule has 0 spiro atoms. The average Bonchev–Trinajstić information content (AvgIpc) is 3.12. The maximum absolute atomic E-state index is 13.5. The second-order valence-corrected chi connectivity index (χ2v) is 20.3. The predicted molar refractivity (Wildman–Crippen MR) is 215 cm³/mol. The maximum Gasteiger partial charge on any atom is 0.229 e. The van der Waals surface area contributed by atoms with Gasteiger partial charge < -0.3 is 29.7 Å². The van der Waals surface area contributed by atoms with Crippen LogP contribution in [0.5, 0.6) is 5.75 Å². The van der Waals surface area contributed by atoms with Gasteiger partial charge in [0.2, 0.25) is 5.95 Å². The zero-order valence-electron chi connectivity index (χ0n) is 30.6. The number of ether oxygens (including phenoxy) is 1. The summed E-state index contributed by atoms with van der Waals surface area (Å²) in [5.74, 6) is 1.86. The quantitative estimate of drug-likeness (QED) is 0.164. The molecule has 13 nitrogen and oxygen atoms in total. The second-order valence-electron chi connectivity index (χ2n) is 14.0. The Morgan fingerprint density at radius 1 is 0.981 bits per heavy atom. The smallest absolute Gasteiger partial charge is 0.229 e. The third-order valence-electron chi connectivity index (χ3n) is 9.90. The fraction of sp³-hybridized carbons (Fsp3) is 0.500. The standard InChI is InChI=1S/C36H49BrN9O4PS/c1-6-25-22-30(42-36-40-24-27(37)35(43-36)41-29-9-8-28-33(39-13-12-38-28)34(29)51(3,4)47)32(50-2)23-31(25)46-15-10-26(11-16-46)45-19-17-44(18-20-45)14-7-21-52(5,48)49/h8-9,12-13,22-24,26H,6-7,10-11,14-21H2,1-5H3,(H2,40,41,42,43). The Hall–Kier alpha value is -3.36. The minimum atomic E-state index is -2.90. The predicted octanol–water partition coefficient (Wildman–Crippen LogP) is 5.51. The molecule has 4 aromatic rings. The fourth-order valence-electron chi connectivity index (χ4n) is 7.26. The van der Waals surface area contributed by atoms with E-state index in [2.05, 4.69) is 75.3 Å². The highest BCUT2D eigenvalue weighted by molar-refractivity contribution is 9.10. The van der Waals surface area contributed by atoms with Crippen LogP contribution in [0.15, 0.2) is 47.3 Å². The molecule has 0 radical (unpaired) electrons. The van der Waals surface area contributed by atoms with E-state index in [1.165, 1.54) is 17.5 Å². The minimum absolute atomic E-state index is 0.262. The van der Waals surface area contributed by atoms with Gasteiger partial charge >= 0.3 is 0 Å². The fourth-order valence-corrected chi connectivity index (χ4v) is 9.60. The molecular formula is C36H49BrN9O4PS. The summed E-state index contributed by atoms with van der Waals surface area (Å²) in [4.78, 5) is 25.7. The van der Waals surface area contributed by atoms with Crippen LogP contribution in [0.4, 0.5) is 28.8 Å². The van der Waals surface area contributed by atoms with Crippen LogP contribution in [0, 0.1) is 0 Å². The van der Waals surface area contributed by atoms with Crippen LogP contribution in [0.25, 0.3) is 11.0 Å². The molecule has 0 bridgehead atoms. The summed E-state index contributed by atoms with van der Waals surface area (Å²) in [5.41, 5.74) is 5.10. The topological polar surface area (TPSA) is 146 Å². The molecule has 2 aliphatic rings. The summed E-state index contributed by atoms with van der Waals surface area (Å²) in [5, 5.41) is 7.37. The zero-order chi connectivity index (χ0) is 37.0. The summed E-state index contributed by atoms with van der Waals surface area (Å²) in [6.45, 7) is 12.5. The van der Waals surface area contributed by atoms with Gasteiger partial charge in [0, 0.05) is 81.9 Å². The van der Waals surface area contributed by atoms with Gasteiger partial charge in [-0.2, -0.15) is 4.98 Å². The van der Waals surface area contributed by atoms with Crippen molar-refractivity contribution < 1.29 is 17.7 Å². The molecule has 0 saturated carbocycles. The van der Waals surface area contributed by atoms with E-state index in [1.807, 2.05) is 12.1 Å². The maximum atomic E-state index is 13.5. The van der Waals surface area contributed by atoms with Crippen molar-refractivity contribution in [3.05, 3.63) is 52.9 Å². The number of hydrogen-bond acceptors (Lipinski definition) is 13. The molecule has 0 unspecified atom stereocenters. The summed E-state index contributed by atoms with van der Waals surface area (Å²) >= 11 is 3.58. The highest BCUT2D eigenvalue weighted by Gasteiger charge is 2.29. The van der Waals surface area contributed by atoms with Crippen molar-refractivity contribution >= 4 is 78.1 Å². The molecule has 2 aromatic heterocycles. The van der Waals surface area contributed by atoms with Gasteiger partial charge in [-0.25, -0.2) is 13.4 Å². The normalized spacial score (nSPS) is 16.7. The number of hydrogen-bond donors (Lipinski definition) is 2. The Kier molecular flexibility index (Phi) is 12.1. The van der Waals surface area contributed by atoms with E-state index < -0.39 is 17.0 Å². The average molecular weight is 815 g/mol. The van der Waals surface area contributed by atoms with Crippen molar-refractivity contribution in [3.63, 3.8) is 0 Å². The Morgan fingerprint density at radius 3 is 2.38 bits per heavy atom. The van der Waals surface area contributed by atoms with Crippen LogP contribution in [-0.4, -0.2) is 122 Å². The summed E-state index contributed by atoms with van der Waals surface area (Å²) < 4.78 is 43.0. The SMILES string of the molecule is CCc1cc(Nc2ncc(Br)c(Nc3ccc4nccnc4c3P(C)(C)=O)n2)c(OC)cc1N1CCC(N2CCN(CCCS(C)(=O)=O)CC2)CC1. The van der Waals surface area contributed by atoms with Gasteiger partial charge in [0.1, 0.15) is 34.1 Å². The number of benzene rings is 2. The van der Waals surface area contributed by atoms with Gasteiger partial charge in [-0.05, 0) is 85.3 Å². The number of rotatable bonds is 13. The molecule has 16 heteroatoms. The van der Waals surface area contributed by atoms with Crippen LogP contribution in [0.2, 0.25) is 0 Å². The largest absolute Gasteiger partial charge is 0.494 e. The van der Waals surface area contributed by atoms with Crippen molar-refractivity contribution in [1.29, 1.82) is 0 Å². The molecule has 2 fully saturated rings. The van der Waals surface area contributed by atoms with E-state index in [-0.39, 0.29) is 5.75 Å². The van der Waals surface area contributed by atoms with Crippen LogP contribution < -0.4 is 25.6 Å². The number of sulfone groups is 1. The van der Waals surface area contributed by atoms with E-state index in [4.69, 9.17) is 9.72 Å². The first-order valence-corrected chi connectivity index (χ1v) is 23.2. The molecule has 280 valence electrons. The zero-order valence-corrected chi connectivity index (χ0v) is 33.9. The number of piperazine rings is 1. The molecular weight excluding hydrogens is 765 g/mol. The van der Waals surface area contributed by atoms with Gasteiger partial charge in [-0.15, -0.1) is 0 Å². The number of piperidine rings is 1. The van der Waals surface area contributed by atoms with Gasteiger partial charge in [0.15, 0.2) is 0 Å². The Balaban J connectivity index is 1.13. The molecule has 4 heterocycles. The van der Waals surface area contributed by atoms with Crippen molar-refractivity contribution in [1.82, 2.24) is 29.7 Å². The van der Waals surface area contributed by atoms with E-state index in [9.17, 15) is 13.0 Å². The van der Waals surface area contributed by atoms with Crippen LogP contribution in [0.3, 0.4) is 0 Å². The molecule has 2 saturated heterocycles. The number of nitrogens with zero attached hydrogens (tertiary/aromatic N) is 7. The molecule has 0 atom stereocenters. The van der Waals surface area contributed by atoms with E-state index in [0.29, 0.717) is 56.5 Å². The number of anilines is 5. The highest BCUT2D eigenvalue weighted by atomic mass is 79.9. The van der Waals surface area contributed by atoms with Crippen LogP contribution in [-0.2, 0) is 20.8 Å². The summed E-state index contributed by atoms with van der Waals surface area (Å²) in [6.07, 6.45) is 9.98. The molecule has 2 aliphatic heterocycles. The first-order chi connectivity index (χ1) is 24.8. The minimum Gasteiger partial charge on any atom is -0.494 e. The Morgan fingerprint density at radius 2 is 1.71 bits per heavy atom. The molecule has 0 amide bonds. The Labute approximate surface area is 315 Å². The van der Waals surface area contributed by atoms with Gasteiger partial charge in [0.05, 0.1) is 39.5 Å². The number of methoxy groups -OCH3 is 1. The van der Waals surface area contributed by atoms with Crippen molar-refractivity contribution in [2.75, 3.05) is 93.8 Å². The summed E-state index contributed by atoms with van der Waals surface area (Å²) in [6, 6.07) is 8.52. The highest BCUT2D eigenvalue weighted by Crippen LogP contribution is 2.42. The number of halogens is 1. The first-order valence-electron chi connectivity index (χ1n) is 17.8. The Bertz CT molecular complexity index is 2050. The lowest BCUT2D eigenvalue weighted by Crippen LogP contribution is -2.53. The van der Waals surface area contributed by atoms with E-state index in [1.54, 1.807) is 39.0 Å². The number of nitrogens with one attached hydrogen (secondary N) is 2. The monoisotopic (exact) mass is 813 g/mol. The number of aryl methyl sites for hydroxylation is 1. The second kappa shape index (κ2) is 16.3. The molecule has 0 aliphatic carbocycles. The number of fused-ring (bicyclic) bond motifs is 1. The third-order valence-corrected chi connectivity index (χ3v) is 13.0. The first kappa shape index (κ1) is 38.4. The lowest BCUT2D eigenvalue weighted by molar-refractivity contribution is 0.0851. The van der Waals surface area contributed by atoms with Gasteiger partial charge in [0.25, 0.3) is 0 Å². The summed E-state index contributed by atoms with van der Waals surface area (Å²) in [7, 11) is -3.98. The molecule has 6 rings (SSSR count). The van der Waals surface area contributed by atoms with Crippen molar-refractivity contribution in [2.45, 2.75) is 38.6 Å². The molecule has 2 N–H and O–H groups in total. The van der Waals surface area contributed by atoms with Crippen LogP contribution >= 0.6 is 23.1 Å². The van der Waals surface area contributed by atoms with E-state index in [0.717, 1.165) is 70.8 Å². The van der Waals surface area contributed by atoms with Crippen molar-refractivity contribution in [2.24, 2.45) is 0 Å². The lowest BCUT2D eigenvalue weighted by atomic mass is 9.99. The van der Waals surface area contributed by atoms with Crippen LogP contribution in [0.1, 0.15) is 31.7 Å². The lowest BCUT2D eigenvalue weighted by Gasteiger charge is -2.43. The van der Waals surface area contributed by atoms with Gasteiger partial charge in [-0.1, -0.05) is 6.92 Å². The van der Waals surface area contributed by atoms with Gasteiger partial charge in [-0.3, -0.25) is 14.9 Å². The third kappa shape index (κ3) is 9.22. The molecule has 52 heavy (non-hydrogen) atoms. The number of aromatic nitrogens is 4. The molecule has 2 aromatic carbocycles.